The molecule has 1 aromatic carbocycles. The molecule has 1 heterocycles. The topological polar surface area (TPSA) is 102 Å². The van der Waals surface area contributed by atoms with Gasteiger partial charge in [-0.25, -0.2) is 8.42 Å². The van der Waals surface area contributed by atoms with Crippen molar-refractivity contribution in [3.05, 3.63) is 42.0 Å². The largest absolute Gasteiger partial charge is 0.345 e. The van der Waals surface area contributed by atoms with Gasteiger partial charge in [-0.15, -0.1) is 0 Å². The van der Waals surface area contributed by atoms with Crippen LogP contribution in [-0.2, 0) is 15.6 Å². The molecule has 0 saturated heterocycles. The van der Waals surface area contributed by atoms with E-state index < -0.39 is 21.5 Å². The third kappa shape index (κ3) is 3.91. The first kappa shape index (κ1) is 16.2. The fraction of sp³-hybridized carbons (Fsp3) is 0.357. The maximum Gasteiger partial charge on any atom is 0.315 e. The molecule has 0 spiro atoms. The molecule has 22 heavy (non-hydrogen) atoms. The van der Waals surface area contributed by atoms with Gasteiger partial charge in [0.05, 0.1) is 4.90 Å². The molecule has 2 rings (SSSR count). The highest BCUT2D eigenvalue weighted by Gasteiger charge is 2.22. The third-order valence-corrected chi connectivity index (χ3v) is 4.70. The van der Waals surface area contributed by atoms with E-state index in [0.29, 0.717) is 0 Å². The van der Waals surface area contributed by atoms with Crippen molar-refractivity contribution in [1.29, 1.82) is 0 Å². The van der Waals surface area contributed by atoms with Crippen LogP contribution in [0.1, 0.15) is 36.8 Å². The van der Waals surface area contributed by atoms with Crippen molar-refractivity contribution in [2.75, 3.05) is 0 Å². The Morgan fingerprint density at radius 1 is 1.32 bits per heavy atom. The van der Waals surface area contributed by atoms with E-state index in [1.165, 1.54) is 12.1 Å². The van der Waals surface area contributed by atoms with Crippen LogP contribution in [0.15, 0.2) is 39.8 Å². The van der Waals surface area contributed by atoms with Crippen LogP contribution in [0.5, 0.6) is 0 Å². The summed E-state index contributed by atoms with van der Waals surface area (Å²) in [5, 5.41) is 6.22. The van der Waals surface area contributed by atoms with Crippen LogP contribution in [0.25, 0.3) is 0 Å². The summed E-state index contributed by atoms with van der Waals surface area (Å²) in [6.45, 7) is 3.77. The van der Waals surface area contributed by atoms with Crippen LogP contribution in [0, 0.1) is 0 Å². The lowest BCUT2D eigenvalue weighted by Crippen LogP contribution is -2.32. The number of carbonyl (C=O) groups is 1. The van der Waals surface area contributed by atoms with Crippen molar-refractivity contribution < 1.29 is 17.7 Å². The summed E-state index contributed by atoms with van der Waals surface area (Å²) in [6, 6.07) is 7.95. The van der Waals surface area contributed by atoms with Crippen molar-refractivity contribution in [3.63, 3.8) is 0 Å². The van der Waals surface area contributed by atoms with E-state index >= 15 is 0 Å². The number of rotatable bonds is 6. The van der Waals surface area contributed by atoms with Gasteiger partial charge in [0, 0.05) is 6.04 Å². The van der Waals surface area contributed by atoms with Crippen LogP contribution in [-0.4, -0.2) is 30.5 Å². The van der Waals surface area contributed by atoms with Gasteiger partial charge in [-0.05, 0) is 25.5 Å². The standard InChI is InChI=1S/C14H17N3O4S/c1-3-10(2)15-13(18)14-16-12(17-21-14)9-22(19,20)11-7-5-4-6-8-11/h4-8,10H,3,9H2,1-2H3,(H,15,18)/t10-/m1/s1. The molecule has 0 unspecified atom stereocenters. The number of hydrogen-bond acceptors (Lipinski definition) is 6. The molecule has 0 bridgehead atoms. The van der Waals surface area contributed by atoms with Gasteiger partial charge in [0.15, 0.2) is 15.7 Å². The van der Waals surface area contributed by atoms with Gasteiger partial charge in [-0.3, -0.25) is 4.79 Å². The predicted molar refractivity (Wildman–Crippen MR) is 78.8 cm³/mol. The van der Waals surface area contributed by atoms with Crippen molar-refractivity contribution in [2.24, 2.45) is 0 Å². The fourth-order valence-corrected chi connectivity index (χ4v) is 2.87. The van der Waals surface area contributed by atoms with Crippen molar-refractivity contribution in [2.45, 2.75) is 37.0 Å². The average molecular weight is 323 g/mol. The van der Waals surface area contributed by atoms with Gasteiger partial charge in [0.25, 0.3) is 0 Å². The highest BCUT2D eigenvalue weighted by atomic mass is 32.2. The first-order valence-corrected chi connectivity index (χ1v) is 8.49. The molecular formula is C14H17N3O4S. The number of benzene rings is 1. The zero-order valence-electron chi connectivity index (χ0n) is 12.3. The number of nitrogens with zero attached hydrogens (tertiary/aromatic N) is 2. The lowest BCUT2D eigenvalue weighted by atomic mass is 10.2. The molecule has 118 valence electrons. The Labute approximate surface area is 128 Å². The van der Waals surface area contributed by atoms with E-state index in [0.717, 1.165) is 6.42 Å². The normalized spacial score (nSPS) is 12.8. The number of carbonyl (C=O) groups excluding carboxylic acids is 1. The molecule has 0 aliphatic heterocycles. The fourth-order valence-electron chi connectivity index (χ4n) is 1.67. The molecule has 0 radical (unpaired) electrons. The summed E-state index contributed by atoms with van der Waals surface area (Å²) in [7, 11) is -3.57. The second kappa shape index (κ2) is 6.69. The second-order valence-electron chi connectivity index (χ2n) is 4.87. The highest BCUT2D eigenvalue weighted by molar-refractivity contribution is 7.90. The quantitative estimate of drug-likeness (QED) is 0.865. The van der Waals surface area contributed by atoms with Gasteiger partial charge < -0.3 is 9.84 Å². The summed E-state index contributed by atoms with van der Waals surface area (Å²) in [5.41, 5.74) is 0. The summed E-state index contributed by atoms with van der Waals surface area (Å²) < 4.78 is 29.2. The minimum absolute atomic E-state index is 0.0316. The molecule has 1 N–H and O–H groups in total. The molecule has 0 aliphatic carbocycles. The smallest absolute Gasteiger partial charge is 0.315 e. The third-order valence-electron chi connectivity index (χ3n) is 3.07. The Kier molecular flexibility index (Phi) is 4.92. The number of amides is 1. The van der Waals surface area contributed by atoms with Crippen LogP contribution < -0.4 is 5.32 Å². The molecule has 1 atom stereocenters. The predicted octanol–water partition coefficient (Wildman–Crippen LogP) is 1.57. The first-order valence-electron chi connectivity index (χ1n) is 6.83. The molecule has 0 aliphatic rings. The SMILES string of the molecule is CC[C@@H](C)NC(=O)c1nc(CS(=O)(=O)c2ccccc2)no1. The van der Waals surface area contributed by atoms with E-state index in [1.54, 1.807) is 18.2 Å². The van der Waals surface area contributed by atoms with Crippen molar-refractivity contribution >= 4 is 15.7 Å². The van der Waals surface area contributed by atoms with Crippen LogP contribution >= 0.6 is 0 Å². The Balaban J connectivity index is 2.11. The van der Waals surface area contributed by atoms with Gasteiger partial charge in [-0.2, -0.15) is 4.98 Å². The number of nitrogens with one attached hydrogen (secondary N) is 1. The maximum atomic E-state index is 12.2. The van der Waals surface area contributed by atoms with Crippen LogP contribution in [0.4, 0.5) is 0 Å². The van der Waals surface area contributed by atoms with E-state index in [9.17, 15) is 13.2 Å². The Hall–Kier alpha value is -2.22. The lowest BCUT2D eigenvalue weighted by molar-refractivity contribution is 0.0895. The number of hydrogen-bond donors (Lipinski definition) is 1. The van der Waals surface area contributed by atoms with E-state index in [-0.39, 0.29) is 22.7 Å². The molecule has 0 saturated carbocycles. The van der Waals surface area contributed by atoms with Crippen molar-refractivity contribution in [3.8, 4) is 0 Å². The zero-order chi connectivity index (χ0) is 16.2. The summed E-state index contributed by atoms with van der Waals surface area (Å²) in [4.78, 5) is 15.8. The Morgan fingerprint density at radius 3 is 2.64 bits per heavy atom. The van der Waals surface area contributed by atoms with Gasteiger partial charge >= 0.3 is 11.8 Å². The molecule has 0 fully saturated rings. The van der Waals surface area contributed by atoms with E-state index in [1.807, 2.05) is 13.8 Å². The molecule has 1 aromatic heterocycles. The number of aromatic nitrogens is 2. The molecule has 7 nitrogen and oxygen atoms in total. The monoisotopic (exact) mass is 323 g/mol. The van der Waals surface area contributed by atoms with Gasteiger partial charge in [0.2, 0.25) is 0 Å². The Bertz CT molecular complexity index is 740. The van der Waals surface area contributed by atoms with E-state index in [4.69, 9.17) is 4.52 Å². The molecule has 8 heteroatoms. The molecular weight excluding hydrogens is 306 g/mol. The zero-order valence-corrected chi connectivity index (χ0v) is 13.1. The van der Waals surface area contributed by atoms with Crippen LogP contribution in [0.2, 0.25) is 0 Å². The molecule has 1 amide bonds. The van der Waals surface area contributed by atoms with E-state index in [2.05, 4.69) is 15.5 Å². The highest BCUT2D eigenvalue weighted by Crippen LogP contribution is 2.14. The Morgan fingerprint density at radius 2 is 2.00 bits per heavy atom. The summed E-state index contributed by atoms with van der Waals surface area (Å²) in [5.74, 6) is -1.21. The minimum Gasteiger partial charge on any atom is -0.345 e. The van der Waals surface area contributed by atoms with Gasteiger partial charge in [-0.1, -0.05) is 30.3 Å². The minimum atomic E-state index is -3.57. The second-order valence-corrected chi connectivity index (χ2v) is 6.86. The average Bonchev–Trinajstić information content (AvgIpc) is 2.96. The lowest BCUT2D eigenvalue weighted by Gasteiger charge is -2.07. The summed E-state index contributed by atoms with van der Waals surface area (Å²) in [6.07, 6.45) is 0.759. The number of sulfone groups is 1. The first-order chi connectivity index (χ1) is 10.4. The van der Waals surface area contributed by atoms with Gasteiger partial charge in [0.1, 0.15) is 5.75 Å². The summed E-state index contributed by atoms with van der Waals surface area (Å²) >= 11 is 0. The van der Waals surface area contributed by atoms with Crippen molar-refractivity contribution in [1.82, 2.24) is 15.5 Å². The van der Waals surface area contributed by atoms with Crippen LogP contribution in [0.3, 0.4) is 0 Å². The maximum absolute atomic E-state index is 12.2. The molecule has 2 aromatic rings.